The van der Waals surface area contributed by atoms with E-state index in [0.717, 1.165) is 6.07 Å². The van der Waals surface area contributed by atoms with E-state index in [0.29, 0.717) is 28.3 Å². The van der Waals surface area contributed by atoms with Gasteiger partial charge < -0.3 is 15.2 Å². The van der Waals surface area contributed by atoms with Gasteiger partial charge in [-0.25, -0.2) is 18.8 Å². The molecule has 3 aromatic rings. The fourth-order valence-electron chi connectivity index (χ4n) is 2.62. The van der Waals surface area contributed by atoms with E-state index >= 15 is 0 Å². The molecule has 7 nitrogen and oxygen atoms in total. The Morgan fingerprint density at radius 2 is 2.07 bits per heavy atom. The predicted octanol–water partition coefficient (Wildman–Crippen LogP) is 3.80. The third-order valence-electron chi connectivity index (χ3n) is 4.03. The number of aromatic nitrogens is 2. The minimum Gasteiger partial charge on any atom is -0.355 e. The molecule has 2 aromatic carbocycles. The largest absolute Gasteiger partial charge is 0.355 e. The zero-order valence-corrected chi connectivity index (χ0v) is 16.8. The minimum absolute atomic E-state index is 0.0236. The number of benzene rings is 2. The molecule has 0 aliphatic heterocycles. The maximum absolute atomic E-state index is 14.2. The normalized spacial score (nSPS) is 11.2. The van der Waals surface area contributed by atoms with Crippen LogP contribution in [0.5, 0.6) is 0 Å². The van der Waals surface area contributed by atoms with Gasteiger partial charge in [-0.1, -0.05) is 22.0 Å². The molecule has 0 unspecified atom stereocenters. The van der Waals surface area contributed by atoms with E-state index < -0.39 is 17.5 Å². The van der Waals surface area contributed by atoms with Crippen LogP contribution in [0.4, 0.5) is 20.4 Å². The molecule has 3 rings (SSSR count). The lowest BCUT2D eigenvalue weighted by molar-refractivity contribution is 0.312. The van der Waals surface area contributed by atoms with E-state index in [1.807, 2.05) is 19.0 Å². The van der Waals surface area contributed by atoms with Crippen molar-refractivity contribution in [3.63, 3.8) is 0 Å². The highest BCUT2D eigenvalue weighted by molar-refractivity contribution is 9.10. The van der Waals surface area contributed by atoms with Crippen molar-refractivity contribution in [2.45, 2.75) is 0 Å². The van der Waals surface area contributed by atoms with Crippen LogP contribution in [-0.4, -0.2) is 53.1 Å². The van der Waals surface area contributed by atoms with E-state index in [9.17, 15) is 14.0 Å². The number of likely N-dealkylation sites (N-methyl/N-ethyl adjacent to an activating group) is 1. The number of anilines is 2. The number of rotatable bonds is 6. The summed E-state index contributed by atoms with van der Waals surface area (Å²) in [5.41, 5.74) is 0.144. The van der Waals surface area contributed by atoms with Gasteiger partial charge in [0.2, 0.25) is 5.95 Å². The maximum atomic E-state index is 14.2. The van der Waals surface area contributed by atoms with Crippen molar-refractivity contribution in [2.24, 2.45) is 0 Å². The lowest BCUT2D eigenvalue weighted by Crippen LogP contribution is -2.27. The summed E-state index contributed by atoms with van der Waals surface area (Å²) in [4.78, 5) is 8.88. The molecule has 0 radical (unpaired) electrons. The van der Waals surface area contributed by atoms with Crippen molar-refractivity contribution in [1.29, 1.82) is 5.41 Å². The predicted molar refractivity (Wildman–Crippen MR) is 108 cm³/mol. The highest BCUT2D eigenvalue weighted by Gasteiger charge is 2.22. The molecule has 0 amide bonds. The van der Waals surface area contributed by atoms with Crippen molar-refractivity contribution in [3.8, 4) is 0 Å². The Kier molecular flexibility index (Phi) is 5.92. The summed E-state index contributed by atoms with van der Waals surface area (Å²) >= 11 is 3.29. The third kappa shape index (κ3) is 4.13. The molecule has 0 saturated heterocycles. The van der Waals surface area contributed by atoms with E-state index in [-0.39, 0.29) is 22.5 Å². The van der Waals surface area contributed by atoms with E-state index in [1.165, 1.54) is 0 Å². The van der Waals surface area contributed by atoms with Gasteiger partial charge in [0.05, 0.1) is 11.2 Å². The quantitative estimate of drug-likeness (QED) is 0.259. The number of hydrogen-bond acceptors (Lipinski definition) is 5. The van der Waals surface area contributed by atoms with Gasteiger partial charge in [0.1, 0.15) is 5.52 Å². The van der Waals surface area contributed by atoms with Crippen LogP contribution in [0.3, 0.4) is 0 Å². The molecule has 1 aromatic heterocycles. The van der Waals surface area contributed by atoms with Crippen LogP contribution >= 0.6 is 15.9 Å². The van der Waals surface area contributed by atoms with Crippen LogP contribution in [0.2, 0.25) is 0 Å². The van der Waals surface area contributed by atoms with Crippen molar-refractivity contribution in [2.75, 3.05) is 37.6 Å². The fraction of sp³-hybridized carbons (Fsp3) is 0.222. The van der Waals surface area contributed by atoms with Gasteiger partial charge >= 0.3 is 0 Å². The molecule has 0 spiro atoms. The van der Waals surface area contributed by atoms with Crippen LogP contribution in [-0.2, 0) is 0 Å². The number of amidine groups is 1. The second-order valence-electron chi connectivity index (χ2n) is 6.40. The standard InChI is InChI=1S/C18H19BrF2N6O/c1-26(2)7-6-23-18-24-15-12(9-13(20)14(21)16(15)25-18)17(22)27(28)11-5-3-4-10(19)8-11/h3-5,8-9,22,28H,6-7H2,1-2H3,(H2,23,24,25). The van der Waals surface area contributed by atoms with Crippen molar-refractivity contribution in [1.82, 2.24) is 14.9 Å². The molecule has 0 aliphatic rings. The molecule has 28 heavy (non-hydrogen) atoms. The number of hydrogen-bond donors (Lipinski definition) is 4. The number of fused-ring (bicyclic) bond motifs is 1. The lowest BCUT2D eigenvalue weighted by Gasteiger charge is -2.18. The van der Waals surface area contributed by atoms with E-state index in [4.69, 9.17) is 5.41 Å². The average molecular weight is 453 g/mol. The Hall–Kier alpha value is -2.56. The molecule has 0 bridgehead atoms. The number of H-pyrrole nitrogens is 1. The van der Waals surface area contributed by atoms with Crippen LogP contribution in [0.1, 0.15) is 5.56 Å². The Morgan fingerprint density at radius 1 is 1.32 bits per heavy atom. The van der Waals surface area contributed by atoms with E-state index in [1.54, 1.807) is 24.3 Å². The summed E-state index contributed by atoms with van der Waals surface area (Å²) in [7, 11) is 3.82. The van der Waals surface area contributed by atoms with Gasteiger partial charge in [0.25, 0.3) is 0 Å². The third-order valence-corrected chi connectivity index (χ3v) is 4.53. The van der Waals surface area contributed by atoms with Gasteiger partial charge in [-0.2, -0.15) is 0 Å². The van der Waals surface area contributed by atoms with Gasteiger partial charge in [-0.15, -0.1) is 0 Å². The Balaban J connectivity index is 1.98. The monoisotopic (exact) mass is 452 g/mol. The molecular weight excluding hydrogens is 434 g/mol. The average Bonchev–Trinajstić information content (AvgIpc) is 3.07. The molecule has 0 fully saturated rings. The van der Waals surface area contributed by atoms with Crippen LogP contribution < -0.4 is 10.4 Å². The molecule has 0 aliphatic carbocycles. The molecule has 148 valence electrons. The molecule has 0 atom stereocenters. The zero-order valence-electron chi connectivity index (χ0n) is 15.2. The van der Waals surface area contributed by atoms with Crippen molar-refractivity contribution < 1.29 is 14.0 Å². The first-order chi connectivity index (χ1) is 13.3. The van der Waals surface area contributed by atoms with Gasteiger partial charge in [-0.05, 0) is 38.4 Å². The van der Waals surface area contributed by atoms with Crippen LogP contribution in [0.15, 0.2) is 34.8 Å². The molecule has 10 heteroatoms. The van der Waals surface area contributed by atoms with Gasteiger partial charge in [-0.3, -0.25) is 10.6 Å². The second-order valence-corrected chi connectivity index (χ2v) is 7.31. The summed E-state index contributed by atoms with van der Waals surface area (Å²) in [6.07, 6.45) is 0. The summed E-state index contributed by atoms with van der Waals surface area (Å²) in [5.74, 6) is -2.44. The number of imidazole rings is 1. The summed E-state index contributed by atoms with van der Waals surface area (Å²) in [6.45, 7) is 1.25. The maximum Gasteiger partial charge on any atom is 0.201 e. The first-order valence-corrected chi connectivity index (χ1v) is 9.17. The Morgan fingerprint density at radius 3 is 2.75 bits per heavy atom. The second kappa shape index (κ2) is 8.21. The first kappa shape index (κ1) is 20.2. The zero-order chi connectivity index (χ0) is 20.4. The fourth-order valence-corrected chi connectivity index (χ4v) is 3.01. The molecule has 4 N–H and O–H groups in total. The molecule has 0 saturated carbocycles. The smallest absolute Gasteiger partial charge is 0.201 e. The summed E-state index contributed by atoms with van der Waals surface area (Å²) < 4.78 is 29.0. The minimum atomic E-state index is -1.15. The highest BCUT2D eigenvalue weighted by Crippen LogP contribution is 2.27. The highest BCUT2D eigenvalue weighted by atomic mass is 79.9. The molecular formula is C18H19BrF2N6O. The Bertz CT molecular complexity index is 1020. The number of nitrogens with one attached hydrogen (secondary N) is 3. The number of nitrogens with zero attached hydrogens (tertiary/aromatic N) is 3. The van der Waals surface area contributed by atoms with Crippen LogP contribution in [0.25, 0.3) is 11.0 Å². The summed E-state index contributed by atoms with van der Waals surface area (Å²) in [6, 6.07) is 7.48. The van der Waals surface area contributed by atoms with Crippen LogP contribution in [0, 0.1) is 17.0 Å². The Labute approximate surface area is 168 Å². The lowest BCUT2D eigenvalue weighted by atomic mass is 10.1. The topological polar surface area (TPSA) is 91.3 Å². The van der Waals surface area contributed by atoms with E-state index in [2.05, 4.69) is 31.2 Å². The first-order valence-electron chi connectivity index (χ1n) is 8.37. The van der Waals surface area contributed by atoms with Crippen molar-refractivity contribution >= 4 is 44.4 Å². The summed E-state index contributed by atoms with van der Waals surface area (Å²) in [5, 5.41) is 22.3. The SMILES string of the molecule is CN(C)CCNc1nc2c(F)c(F)cc(C(=N)N(O)c3cccc(Br)c3)c2[nH]1. The number of hydroxylamine groups is 1. The molecule has 1 heterocycles. The van der Waals surface area contributed by atoms with Crippen molar-refractivity contribution in [3.05, 3.63) is 52.0 Å². The van der Waals surface area contributed by atoms with Gasteiger partial charge in [0.15, 0.2) is 17.5 Å². The van der Waals surface area contributed by atoms with Gasteiger partial charge in [0, 0.05) is 23.1 Å². The number of halogens is 3. The number of aromatic amines is 1.